The van der Waals surface area contributed by atoms with Crippen LogP contribution in [0.15, 0.2) is 24.3 Å². The van der Waals surface area contributed by atoms with Gasteiger partial charge in [-0.05, 0) is 12.1 Å². The molecule has 1 aliphatic heterocycles. The molecule has 1 aromatic rings. The van der Waals surface area contributed by atoms with E-state index in [0.717, 1.165) is 18.9 Å². The summed E-state index contributed by atoms with van der Waals surface area (Å²) in [6.07, 6.45) is 8.49. The van der Waals surface area contributed by atoms with Gasteiger partial charge in [-0.1, -0.05) is 64.5 Å². The zero-order valence-corrected chi connectivity index (χ0v) is 12.8. The van der Waals surface area contributed by atoms with Crippen molar-refractivity contribution in [3.05, 3.63) is 24.3 Å². The summed E-state index contributed by atoms with van der Waals surface area (Å²) in [5.41, 5.74) is 1.19. The van der Waals surface area contributed by atoms with Crippen LogP contribution in [-0.4, -0.2) is 20.2 Å². The minimum atomic E-state index is 0.799. The fourth-order valence-electron chi connectivity index (χ4n) is 2.16. The van der Waals surface area contributed by atoms with Crippen molar-refractivity contribution in [2.75, 3.05) is 25.1 Å². The van der Waals surface area contributed by atoms with E-state index in [4.69, 9.17) is 4.74 Å². The second kappa shape index (κ2) is 9.71. The molecular weight excluding hydrogens is 234 g/mol. The molecule has 0 aliphatic carbocycles. The first-order chi connectivity index (χ1) is 9.29. The van der Waals surface area contributed by atoms with Crippen molar-refractivity contribution in [1.29, 1.82) is 0 Å². The molecule has 0 N–H and O–H groups in total. The number of likely N-dealkylation sites (N-methyl/N-ethyl adjacent to an activating group) is 1. The van der Waals surface area contributed by atoms with Crippen LogP contribution < -0.4 is 9.64 Å². The smallest absolute Gasteiger partial charge is 0.142 e. The molecule has 0 aromatic heterocycles. The van der Waals surface area contributed by atoms with Gasteiger partial charge in [-0.2, -0.15) is 0 Å². The number of ether oxygens (including phenoxy) is 1. The van der Waals surface area contributed by atoms with Gasteiger partial charge in [0.15, 0.2) is 0 Å². The monoisotopic (exact) mass is 263 g/mol. The summed E-state index contributed by atoms with van der Waals surface area (Å²) in [5.74, 6) is 1.00. The number of anilines is 1. The molecule has 0 unspecified atom stereocenters. The van der Waals surface area contributed by atoms with Crippen LogP contribution in [0.4, 0.5) is 5.69 Å². The van der Waals surface area contributed by atoms with Gasteiger partial charge in [0.2, 0.25) is 0 Å². The molecular formula is C17H29NO. The van der Waals surface area contributed by atoms with Gasteiger partial charge in [0.25, 0.3) is 0 Å². The highest BCUT2D eigenvalue weighted by molar-refractivity contribution is 5.58. The maximum absolute atomic E-state index is 5.45. The SMILES string of the molecule is CCCCCCCC.CN1CCOc2ccccc21. The van der Waals surface area contributed by atoms with Gasteiger partial charge in [-0.15, -0.1) is 0 Å². The third-order valence-electron chi connectivity index (χ3n) is 3.42. The second-order valence-corrected chi connectivity index (χ2v) is 5.15. The maximum Gasteiger partial charge on any atom is 0.142 e. The molecule has 108 valence electrons. The highest BCUT2D eigenvalue weighted by Gasteiger charge is 2.12. The lowest BCUT2D eigenvalue weighted by Crippen LogP contribution is -2.28. The molecule has 1 aromatic carbocycles. The Balaban J connectivity index is 0.000000203. The lowest BCUT2D eigenvalue weighted by molar-refractivity contribution is 0.311. The first kappa shape index (κ1) is 15.9. The van der Waals surface area contributed by atoms with E-state index in [0.29, 0.717) is 0 Å². The van der Waals surface area contributed by atoms with Crippen LogP contribution in [0.1, 0.15) is 52.4 Å². The summed E-state index contributed by atoms with van der Waals surface area (Å²) in [5, 5.41) is 0. The Morgan fingerprint density at radius 2 is 1.63 bits per heavy atom. The summed E-state index contributed by atoms with van der Waals surface area (Å²) < 4.78 is 5.45. The Morgan fingerprint density at radius 1 is 1.00 bits per heavy atom. The largest absolute Gasteiger partial charge is 0.490 e. The third kappa shape index (κ3) is 6.00. The maximum atomic E-state index is 5.45. The van der Waals surface area contributed by atoms with Crippen LogP contribution in [0.5, 0.6) is 5.75 Å². The van der Waals surface area contributed by atoms with E-state index >= 15 is 0 Å². The Morgan fingerprint density at radius 3 is 2.21 bits per heavy atom. The Kier molecular flexibility index (Phi) is 8.11. The second-order valence-electron chi connectivity index (χ2n) is 5.15. The lowest BCUT2D eigenvalue weighted by atomic mass is 10.1. The molecule has 2 rings (SSSR count). The van der Waals surface area contributed by atoms with Gasteiger partial charge < -0.3 is 9.64 Å². The van der Waals surface area contributed by atoms with Crippen molar-refractivity contribution in [3.63, 3.8) is 0 Å². The van der Waals surface area contributed by atoms with Gasteiger partial charge >= 0.3 is 0 Å². The summed E-state index contributed by atoms with van der Waals surface area (Å²) >= 11 is 0. The highest BCUT2D eigenvalue weighted by Crippen LogP contribution is 2.29. The van der Waals surface area contributed by atoms with Crippen LogP contribution in [0, 0.1) is 0 Å². The first-order valence-electron chi connectivity index (χ1n) is 7.72. The van der Waals surface area contributed by atoms with E-state index in [1.165, 1.54) is 44.2 Å². The van der Waals surface area contributed by atoms with Crippen LogP contribution in [0.3, 0.4) is 0 Å². The van der Waals surface area contributed by atoms with E-state index in [2.05, 4.69) is 31.9 Å². The zero-order chi connectivity index (χ0) is 13.9. The van der Waals surface area contributed by atoms with E-state index in [1.807, 2.05) is 18.2 Å². The number of hydrogen-bond acceptors (Lipinski definition) is 2. The number of para-hydroxylation sites is 2. The van der Waals surface area contributed by atoms with Crippen molar-refractivity contribution in [2.45, 2.75) is 52.4 Å². The molecule has 0 radical (unpaired) electrons. The molecule has 2 nitrogen and oxygen atoms in total. The van der Waals surface area contributed by atoms with Gasteiger partial charge in [-0.3, -0.25) is 0 Å². The van der Waals surface area contributed by atoms with Crippen LogP contribution >= 0.6 is 0 Å². The van der Waals surface area contributed by atoms with Gasteiger partial charge in [0.05, 0.1) is 12.2 Å². The van der Waals surface area contributed by atoms with Crippen molar-refractivity contribution in [1.82, 2.24) is 0 Å². The topological polar surface area (TPSA) is 12.5 Å². The predicted molar refractivity (Wildman–Crippen MR) is 84.3 cm³/mol. The van der Waals surface area contributed by atoms with Crippen molar-refractivity contribution in [3.8, 4) is 5.75 Å². The zero-order valence-electron chi connectivity index (χ0n) is 12.8. The van der Waals surface area contributed by atoms with Crippen molar-refractivity contribution < 1.29 is 4.74 Å². The molecule has 2 heteroatoms. The molecule has 0 saturated heterocycles. The summed E-state index contributed by atoms with van der Waals surface area (Å²) in [7, 11) is 2.08. The molecule has 0 amide bonds. The average molecular weight is 263 g/mol. The fourth-order valence-corrected chi connectivity index (χ4v) is 2.16. The number of benzene rings is 1. The Hall–Kier alpha value is -1.18. The van der Waals surface area contributed by atoms with Crippen molar-refractivity contribution in [2.24, 2.45) is 0 Å². The molecule has 0 fully saturated rings. The number of nitrogens with zero attached hydrogens (tertiary/aromatic N) is 1. The summed E-state index contributed by atoms with van der Waals surface area (Å²) in [6.45, 7) is 6.29. The molecule has 1 aliphatic rings. The number of unbranched alkanes of at least 4 members (excludes halogenated alkanes) is 5. The van der Waals surface area contributed by atoms with E-state index < -0.39 is 0 Å². The van der Waals surface area contributed by atoms with E-state index in [1.54, 1.807) is 0 Å². The predicted octanol–water partition coefficient (Wildman–Crippen LogP) is 4.88. The van der Waals surface area contributed by atoms with E-state index in [9.17, 15) is 0 Å². The molecule has 0 bridgehead atoms. The molecule has 0 saturated carbocycles. The molecule has 0 spiro atoms. The minimum absolute atomic E-state index is 0.799. The normalized spacial score (nSPS) is 13.1. The van der Waals surface area contributed by atoms with Gasteiger partial charge in [0, 0.05) is 7.05 Å². The number of rotatable bonds is 5. The summed E-state index contributed by atoms with van der Waals surface area (Å²) in [4.78, 5) is 2.21. The van der Waals surface area contributed by atoms with Gasteiger partial charge in [-0.25, -0.2) is 0 Å². The molecule has 0 atom stereocenters. The quantitative estimate of drug-likeness (QED) is 0.702. The fraction of sp³-hybridized carbons (Fsp3) is 0.647. The minimum Gasteiger partial charge on any atom is -0.490 e. The summed E-state index contributed by atoms with van der Waals surface area (Å²) in [6, 6.07) is 8.11. The van der Waals surface area contributed by atoms with Crippen LogP contribution in [-0.2, 0) is 0 Å². The third-order valence-corrected chi connectivity index (χ3v) is 3.42. The van der Waals surface area contributed by atoms with Crippen LogP contribution in [0.25, 0.3) is 0 Å². The lowest BCUT2D eigenvalue weighted by Gasteiger charge is -2.27. The highest BCUT2D eigenvalue weighted by atomic mass is 16.5. The van der Waals surface area contributed by atoms with Crippen LogP contribution in [0.2, 0.25) is 0 Å². The Labute approximate surface area is 118 Å². The number of hydrogen-bond donors (Lipinski definition) is 0. The standard InChI is InChI=1S/C9H11NO.C8H18/c1-10-6-7-11-9-5-3-2-4-8(9)10;1-3-5-7-8-6-4-2/h2-5H,6-7H2,1H3;3-8H2,1-2H3. The van der Waals surface area contributed by atoms with Gasteiger partial charge in [0.1, 0.15) is 12.4 Å². The Bertz CT molecular complexity index is 332. The molecule has 19 heavy (non-hydrogen) atoms. The van der Waals surface area contributed by atoms with E-state index in [-0.39, 0.29) is 0 Å². The first-order valence-corrected chi connectivity index (χ1v) is 7.72. The number of fused-ring (bicyclic) bond motifs is 1. The average Bonchev–Trinajstić information content (AvgIpc) is 2.45. The molecule has 1 heterocycles. The van der Waals surface area contributed by atoms with Crippen molar-refractivity contribution >= 4 is 5.69 Å².